The van der Waals surface area contributed by atoms with Crippen molar-refractivity contribution >= 4 is 55.1 Å². The van der Waals surface area contributed by atoms with E-state index in [-0.39, 0.29) is 5.91 Å². The van der Waals surface area contributed by atoms with Crippen LogP contribution in [-0.2, 0) is 19.4 Å². The molecule has 1 aliphatic carbocycles. The molecule has 0 unspecified atom stereocenters. The number of nitrogens with one attached hydrogen (secondary N) is 1. The zero-order chi connectivity index (χ0) is 23.2. The van der Waals surface area contributed by atoms with Gasteiger partial charge in [-0.3, -0.25) is 20.0 Å². The molecule has 3 heterocycles. The van der Waals surface area contributed by atoms with E-state index in [9.17, 15) is 4.79 Å². The number of rotatable bonds is 4. The predicted octanol–water partition coefficient (Wildman–Crippen LogP) is 6.47. The number of piperidine rings is 1. The number of carbonyl (C=O) groups excluding carboxylic acids is 1. The molecule has 1 saturated heterocycles. The summed E-state index contributed by atoms with van der Waals surface area (Å²) >= 11 is 7.81. The smallest absolute Gasteiger partial charge is 0.258 e. The van der Waals surface area contributed by atoms with Crippen molar-refractivity contribution in [1.82, 2.24) is 14.9 Å². The molecular weight excluding hydrogens is 464 g/mol. The molecule has 174 valence electrons. The number of hydrogen-bond donors (Lipinski definition) is 1. The number of halogens is 1. The topological polar surface area (TPSA) is 58.1 Å². The molecule has 1 aliphatic heterocycles. The molecule has 2 aliphatic rings. The van der Waals surface area contributed by atoms with E-state index in [2.05, 4.69) is 35.3 Å². The van der Waals surface area contributed by atoms with E-state index in [1.54, 1.807) is 0 Å². The van der Waals surface area contributed by atoms with Gasteiger partial charge in [0, 0.05) is 22.6 Å². The second-order valence-corrected chi connectivity index (χ2v) is 11.1. The van der Waals surface area contributed by atoms with Gasteiger partial charge in [0.1, 0.15) is 0 Å². The Balaban J connectivity index is 1.27. The molecule has 2 aromatic carbocycles. The highest BCUT2D eigenvalue weighted by atomic mass is 35.5. The van der Waals surface area contributed by atoms with Gasteiger partial charge in [0.05, 0.1) is 21.3 Å². The monoisotopic (exact) mass is 490 g/mol. The van der Waals surface area contributed by atoms with Crippen molar-refractivity contribution in [3.8, 4) is 0 Å². The molecule has 0 atom stereocenters. The highest BCUT2D eigenvalue weighted by molar-refractivity contribution is 7.22. The first-order valence-electron chi connectivity index (χ1n) is 12.1. The summed E-state index contributed by atoms with van der Waals surface area (Å²) in [6, 6.07) is 12.0. The van der Waals surface area contributed by atoms with E-state index in [1.165, 1.54) is 29.7 Å². The Hall–Kier alpha value is -2.54. The summed E-state index contributed by atoms with van der Waals surface area (Å²) in [7, 11) is 0. The van der Waals surface area contributed by atoms with Gasteiger partial charge in [-0.15, -0.1) is 0 Å². The fraction of sp³-hybridized carbons (Fsp3) is 0.370. The number of nitrogens with zero attached hydrogens (tertiary/aromatic N) is 3. The Labute approximate surface area is 208 Å². The lowest BCUT2D eigenvalue weighted by molar-refractivity contribution is 0.102. The summed E-state index contributed by atoms with van der Waals surface area (Å²) in [6.07, 6.45) is 5.35. The molecule has 2 aromatic heterocycles. The van der Waals surface area contributed by atoms with Crippen LogP contribution in [0.4, 0.5) is 5.13 Å². The van der Waals surface area contributed by atoms with E-state index in [0.717, 1.165) is 77.2 Å². The molecule has 0 saturated carbocycles. The van der Waals surface area contributed by atoms with Gasteiger partial charge in [-0.25, -0.2) is 4.98 Å². The van der Waals surface area contributed by atoms with Gasteiger partial charge in [-0.05, 0) is 92.6 Å². The largest absolute Gasteiger partial charge is 0.299 e. The minimum atomic E-state index is -0.130. The SMILES string of the molecule is CC1CCN(Cc2ccc3nc(NC(=O)c4c5c(nc6ccc(Cl)cc46)CCC5)sc3c2)CC1. The maximum atomic E-state index is 13.5. The first-order valence-corrected chi connectivity index (χ1v) is 13.3. The number of pyridine rings is 1. The van der Waals surface area contributed by atoms with Crippen LogP contribution in [-0.4, -0.2) is 33.9 Å². The van der Waals surface area contributed by atoms with Crippen molar-refractivity contribution < 1.29 is 4.79 Å². The Kier molecular flexibility index (Phi) is 5.76. The van der Waals surface area contributed by atoms with Gasteiger partial charge in [0.2, 0.25) is 0 Å². The number of hydrogen-bond acceptors (Lipinski definition) is 5. The molecule has 34 heavy (non-hydrogen) atoms. The maximum Gasteiger partial charge on any atom is 0.258 e. The minimum Gasteiger partial charge on any atom is -0.299 e. The normalized spacial score (nSPS) is 16.9. The van der Waals surface area contributed by atoms with Crippen molar-refractivity contribution in [2.75, 3.05) is 18.4 Å². The summed E-state index contributed by atoms with van der Waals surface area (Å²) < 4.78 is 1.10. The number of carbonyl (C=O) groups is 1. The quantitative estimate of drug-likeness (QED) is 0.356. The van der Waals surface area contributed by atoms with Gasteiger partial charge >= 0.3 is 0 Å². The van der Waals surface area contributed by atoms with E-state index < -0.39 is 0 Å². The van der Waals surface area contributed by atoms with Crippen LogP contribution in [0, 0.1) is 5.92 Å². The van der Waals surface area contributed by atoms with E-state index in [4.69, 9.17) is 21.6 Å². The predicted molar refractivity (Wildman–Crippen MR) is 140 cm³/mol. The third kappa shape index (κ3) is 4.19. The van der Waals surface area contributed by atoms with Crippen molar-refractivity contribution in [1.29, 1.82) is 0 Å². The second-order valence-electron chi connectivity index (χ2n) is 9.66. The molecule has 0 bridgehead atoms. The van der Waals surface area contributed by atoms with Crippen LogP contribution < -0.4 is 5.32 Å². The minimum absolute atomic E-state index is 0.130. The van der Waals surface area contributed by atoms with Gasteiger partial charge in [0.15, 0.2) is 5.13 Å². The van der Waals surface area contributed by atoms with Gasteiger partial charge in [-0.2, -0.15) is 0 Å². The number of benzene rings is 2. The molecule has 5 nitrogen and oxygen atoms in total. The zero-order valence-corrected chi connectivity index (χ0v) is 20.8. The molecular formula is C27H27ClN4OS. The van der Waals surface area contributed by atoms with Crippen LogP contribution in [0.5, 0.6) is 0 Å². The molecule has 1 amide bonds. The summed E-state index contributed by atoms with van der Waals surface area (Å²) in [6.45, 7) is 5.64. The summed E-state index contributed by atoms with van der Waals surface area (Å²) in [5.41, 5.74) is 5.81. The van der Waals surface area contributed by atoms with E-state index >= 15 is 0 Å². The van der Waals surface area contributed by atoms with Crippen LogP contribution in [0.25, 0.3) is 21.1 Å². The standard InChI is InChI=1S/C27H27ClN4OS/c1-16-9-11-32(12-10-16)15-17-5-7-23-24(13-17)34-27(30-23)31-26(33)25-19-3-2-4-21(19)29-22-8-6-18(28)14-20(22)25/h5-8,13-14,16H,2-4,9-12,15H2,1H3,(H,30,31,33). The Morgan fingerprint density at radius 3 is 2.79 bits per heavy atom. The highest BCUT2D eigenvalue weighted by Crippen LogP contribution is 2.33. The molecule has 4 aromatic rings. The van der Waals surface area contributed by atoms with Crippen LogP contribution in [0.1, 0.15) is 53.4 Å². The van der Waals surface area contributed by atoms with Crippen LogP contribution in [0.15, 0.2) is 36.4 Å². The molecule has 1 fully saturated rings. The zero-order valence-electron chi connectivity index (χ0n) is 19.2. The maximum absolute atomic E-state index is 13.5. The Morgan fingerprint density at radius 1 is 1.12 bits per heavy atom. The average molecular weight is 491 g/mol. The van der Waals surface area contributed by atoms with Crippen molar-refractivity contribution in [2.45, 2.75) is 45.6 Å². The molecule has 1 N–H and O–H groups in total. The lowest BCUT2D eigenvalue weighted by Crippen LogP contribution is -2.32. The fourth-order valence-electron chi connectivity index (χ4n) is 5.25. The molecule has 0 spiro atoms. The number of aromatic nitrogens is 2. The number of fused-ring (bicyclic) bond motifs is 3. The van der Waals surface area contributed by atoms with Crippen LogP contribution >= 0.6 is 22.9 Å². The Bertz CT molecular complexity index is 1410. The van der Waals surface area contributed by atoms with Crippen molar-refractivity contribution in [3.05, 3.63) is 63.8 Å². The Morgan fingerprint density at radius 2 is 1.94 bits per heavy atom. The van der Waals surface area contributed by atoms with E-state index in [0.29, 0.717) is 15.7 Å². The van der Waals surface area contributed by atoms with Gasteiger partial charge in [0.25, 0.3) is 5.91 Å². The summed E-state index contributed by atoms with van der Waals surface area (Å²) in [5.74, 6) is 0.704. The van der Waals surface area contributed by atoms with E-state index in [1.807, 2.05) is 18.2 Å². The van der Waals surface area contributed by atoms with Crippen LogP contribution in [0.3, 0.4) is 0 Å². The first kappa shape index (κ1) is 22.0. The van der Waals surface area contributed by atoms with Gasteiger partial charge < -0.3 is 0 Å². The summed E-state index contributed by atoms with van der Waals surface area (Å²) in [5, 5.41) is 5.13. The second kappa shape index (κ2) is 8.91. The van der Waals surface area contributed by atoms with Crippen molar-refractivity contribution in [3.63, 3.8) is 0 Å². The average Bonchev–Trinajstić information content (AvgIpc) is 3.44. The highest BCUT2D eigenvalue weighted by Gasteiger charge is 2.25. The molecule has 6 rings (SSSR count). The fourth-order valence-corrected chi connectivity index (χ4v) is 6.35. The molecule has 7 heteroatoms. The van der Waals surface area contributed by atoms with Crippen molar-refractivity contribution in [2.24, 2.45) is 5.92 Å². The lowest BCUT2D eigenvalue weighted by Gasteiger charge is -2.30. The third-order valence-corrected chi connectivity index (χ3v) is 8.33. The molecule has 0 radical (unpaired) electrons. The number of thiazole rings is 1. The lowest BCUT2D eigenvalue weighted by atomic mass is 9.99. The number of aryl methyl sites for hydroxylation is 1. The number of anilines is 1. The van der Waals surface area contributed by atoms with Crippen LogP contribution in [0.2, 0.25) is 5.02 Å². The number of amides is 1. The first-order chi connectivity index (χ1) is 16.5. The number of likely N-dealkylation sites (tertiary alicyclic amines) is 1. The summed E-state index contributed by atoms with van der Waals surface area (Å²) in [4.78, 5) is 25.5. The van der Waals surface area contributed by atoms with Gasteiger partial charge in [-0.1, -0.05) is 35.9 Å². The third-order valence-electron chi connectivity index (χ3n) is 7.16.